The number of carbonyl (C=O) groups excluding carboxylic acids is 1. The van der Waals surface area contributed by atoms with Gasteiger partial charge in [0.15, 0.2) is 0 Å². The summed E-state index contributed by atoms with van der Waals surface area (Å²) in [6.45, 7) is 5.97. The highest BCUT2D eigenvalue weighted by molar-refractivity contribution is 5.85. The Hall–Kier alpha value is -0.480. The maximum atomic E-state index is 11.1. The lowest BCUT2D eigenvalue weighted by molar-refractivity contribution is 0.133. The molecule has 13 heavy (non-hydrogen) atoms. The molecule has 0 bridgehead atoms. The minimum Gasteiger partial charge on any atom is -0.443 e. The minimum absolute atomic E-state index is 0. The molecule has 1 amide bonds. The molecule has 1 heterocycles. The van der Waals surface area contributed by atoms with E-state index < -0.39 is 0 Å². The van der Waals surface area contributed by atoms with Crippen molar-refractivity contribution in [3.63, 3.8) is 0 Å². The Bertz CT molecular complexity index is 176. The molecular weight excluding hydrogens is 192 g/mol. The number of nitrogens with two attached hydrogens (primary N) is 1. The Morgan fingerprint density at radius 2 is 2.31 bits per heavy atom. The van der Waals surface area contributed by atoms with E-state index in [9.17, 15) is 4.79 Å². The van der Waals surface area contributed by atoms with Gasteiger partial charge in [0, 0.05) is 13.1 Å². The van der Waals surface area contributed by atoms with Crippen molar-refractivity contribution < 1.29 is 9.53 Å². The predicted molar refractivity (Wildman–Crippen MR) is 53.0 cm³/mol. The Morgan fingerprint density at radius 1 is 1.69 bits per heavy atom. The molecule has 2 N–H and O–H groups in total. The van der Waals surface area contributed by atoms with E-state index in [0.717, 1.165) is 6.54 Å². The van der Waals surface area contributed by atoms with Crippen LogP contribution in [0.4, 0.5) is 4.79 Å². The molecule has 1 atom stereocenters. The van der Waals surface area contributed by atoms with Gasteiger partial charge in [-0.05, 0) is 5.92 Å². The van der Waals surface area contributed by atoms with Gasteiger partial charge in [0.25, 0.3) is 0 Å². The van der Waals surface area contributed by atoms with Crippen LogP contribution >= 0.6 is 12.4 Å². The maximum absolute atomic E-state index is 11.1. The molecule has 0 aromatic heterocycles. The molecule has 4 nitrogen and oxygen atoms in total. The normalized spacial score (nSPS) is 21.7. The number of cyclic esters (lactones) is 1. The number of hydrogen-bond donors (Lipinski definition) is 1. The van der Waals surface area contributed by atoms with Gasteiger partial charge >= 0.3 is 6.09 Å². The molecule has 0 spiro atoms. The largest absolute Gasteiger partial charge is 0.443 e. The van der Waals surface area contributed by atoms with Crippen LogP contribution in [0.15, 0.2) is 0 Å². The third-order valence-electron chi connectivity index (χ3n) is 1.80. The predicted octanol–water partition coefficient (Wildman–Crippen LogP) is 0.844. The molecular formula is C8H17ClN2O2. The zero-order valence-electron chi connectivity index (χ0n) is 8.03. The first-order valence-electron chi connectivity index (χ1n) is 4.29. The van der Waals surface area contributed by atoms with Crippen molar-refractivity contribution >= 4 is 18.5 Å². The van der Waals surface area contributed by atoms with Crippen LogP contribution in [0.2, 0.25) is 0 Å². The van der Waals surface area contributed by atoms with Gasteiger partial charge in [-0.1, -0.05) is 13.8 Å². The monoisotopic (exact) mass is 208 g/mol. The standard InChI is InChI=1S/C8H16N2O2.ClH/c1-6(2)4-10-5-7(3-9)12-8(10)11;/h6-7H,3-5,9H2,1-2H3;1H. The number of ether oxygens (including phenoxy) is 1. The topological polar surface area (TPSA) is 55.6 Å². The smallest absolute Gasteiger partial charge is 0.410 e. The summed E-state index contributed by atoms with van der Waals surface area (Å²) in [7, 11) is 0. The Balaban J connectivity index is 0.00000144. The summed E-state index contributed by atoms with van der Waals surface area (Å²) in [5, 5.41) is 0. The molecule has 5 heteroatoms. The lowest BCUT2D eigenvalue weighted by Crippen LogP contribution is -2.30. The van der Waals surface area contributed by atoms with E-state index in [1.165, 1.54) is 0 Å². The lowest BCUT2D eigenvalue weighted by atomic mass is 10.2. The number of amides is 1. The van der Waals surface area contributed by atoms with Crippen LogP contribution < -0.4 is 5.73 Å². The van der Waals surface area contributed by atoms with E-state index in [4.69, 9.17) is 10.5 Å². The third-order valence-corrected chi connectivity index (χ3v) is 1.80. The average molecular weight is 209 g/mol. The first-order chi connectivity index (χ1) is 5.63. The molecule has 78 valence electrons. The van der Waals surface area contributed by atoms with Crippen LogP contribution in [-0.2, 0) is 4.74 Å². The average Bonchev–Trinajstić information content (AvgIpc) is 2.31. The van der Waals surface area contributed by atoms with E-state index in [1.54, 1.807) is 4.90 Å². The summed E-state index contributed by atoms with van der Waals surface area (Å²) in [5.41, 5.74) is 5.39. The number of rotatable bonds is 3. The molecule has 0 saturated carbocycles. The Kier molecular flexibility index (Phi) is 5.10. The minimum atomic E-state index is -0.223. The lowest BCUT2D eigenvalue weighted by Gasteiger charge is -2.14. The SMILES string of the molecule is CC(C)CN1CC(CN)OC1=O.Cl. The van der Waals surface area contributed by atoms with Gasteiger partial charge in [0.2, 0.25) is 0 Å². The molecule has 0 aliphatic carbocycles. The van der Waals surface area contributed by atoms with E-state index in [2.05, 4.69) is 13.8 Å². The van der Waals surface area contributed by atoms with Crippen LogP contribution in [-0.4, -0.2) is 36.7 Å². The zero-order valence-corrected chi connectivity index (χ0v) is 8.84. The summed E-state index contributed by atoms with van der Waals surface area (Å²) in [4.78, 5) is 12.8. The first kappa shape index (κ1) is 12.5. The molecule has 1 saturated heterocycles. The third kappa shape index (κ3) is 3.40. The van der Waals surface area contributed by atoms with Crippen LogP contribution in [0.5, 0.6) is 0 Å². The summed E-state index contributed by atoms with van der Waals surface area (Å²) in [6, 6.07) is 0. The number of nitrogens with zero attached hydrogens (tertiary/aromatic N) is 1. The highest BCUT2D eigenvalue weighted by Crippen LogP contribution is 2.11. The quantitative estimate of drug-likeness (QED) is 0.748. The van der Waals surface area contributed by atoms with Gasteiger partial charge in [-0.25, -0.2) is 4.79 Å². The van der Waals surface area contributed by atoms with Crippen molar-refractivity contribution in [1.82, 2.24) is 4.90 Å². The molecule has 0 aromatic rings. The molecule has 0 aromatic carbocycles. The van der Waals surface area contributed by atoms with Gasteiger partial charge in [-0.15, -0.1) is 12.4 Å². The fourth-order valence-electron chi connectivity index (χ4n) is 1.29. The van der Waals surface area contributed by atoms with Crippen molar-refractivity contribution in [1.29, 1.82) is 0 Å². The summed E-state index contributed by atoms with van der Waals surface area (Å²) in [5.74, 6) is 0.481. The van der Waals surface area contributed by atoms with Crippen molar-refractivity contribution in [3.8, 4) is 0 Å². The molecule has 1 unspecified atom stereocenters. The Morgan fingerprint density at radius 3 is 2.69 bits per heavy atom. The van der Waals surface area contributed by atoms with Gasteiger partial charge in [-0.3, -0.25) is 0 Å². The van der Waals surface area contributed by atoms with Crippen LogP contribution in [0.3, 0.4) is 0 Å². The van der Waals surface area contributed by atoms with Crippen LogP contribution in [0, 0.1) is 5.92 Å². The second-order valence-electron chi connectivity index (χ2n) is 3.54. The molecule has 0 radical (unpaired) electrons. The maximum Gasteiger partial charge on any atom is 0.410 e. The second kappa shape index (κ2) is 5.29. The highest BCUT2D eigenvalue weighted by Gasteiger charge is 2.30. The van der Waals surface area contributed by atoms with Crippen LogP contribution in [0.25, 0.3) is 0 Å². The number of halogens is 1. The molecule has 1 aliphatic heterocycles. The summed E-state index contributed by atoms with van der Waals surface area (Å²) < 4.78 is 4.99. The molecule has 1 rings (SSSR count). The zero-order chi connectivity index (χ0) is 9.14. The van der Waals surface area contributed by atoms with Gasteiger partial charge in [0.1, 0.15) is 6.10 Å². The molecule has 1 fully saturated rings. The first-order valence-corrected chi connectivity index (χ1v) is 4.29. The van der Waals surface area contributed by atoms with Crippen molar-refractivity contribution in [2.24, 2.45) is 11.7 Å². The van der Waals surface area contributed by atoms with Crippen molar-refractivity contribution in [2.45, 2.75) is 20.0 Å². The van der Waals surface area contributed by atoms with Crippen molar-refractivity contribution in [2.75, 3.05) is 19.6 Å². The van der Waals surface area contributed by atoms with E-state index in [-0.39, 0.29) is 24.6 Å². The van der Waals surface area contributed by atoms with E-state index in [0.29, 0.717) is 19.0 Å². The van der Waals surface area contributed by atoms with E-state index >= 15 is 0 Å². The Labute approximate surface area is 84.8 Å². The molecule has 1 aliphatic rings. The van der Waals surface area contributed by atoms with E-state index in [1.807, 2.05) is 0 Å². The highest BCUT2D eigenvalue weighted by atomic mass is 35.5. The van der Waals surface area contributed by atoms with Gasteiger partial charge in [0.05, 0.1) is 6.54 Å². The fourth-order valence-corrected chi connectivity index (χ4v) is 1.29. The van der Waals surface area contributed by atoms with Gasteiger partial charge < -0.3 is 15.4 Å². The van der Waals surface area contributed by atoms with Crippen molar-refractivity contribution in [3.05, 3.63) is 0 Å². The number of carbonyl (C=O) groups is 1. The van der Waals surface area contributed by atoms with Gasteiger partial charge in [-0.2, -0.15) is 0 Å². The number of hydrogen-bond acceptors (Lipinski definition) is 3. The summed E-state index contributed by atoms with van der Waals surface area (Å²) in [6.07, 6.45) is -0.324. The second-order valence-corrected chi connectivity index (χ2v) is 3.54. The summed E-state index contributed by atoms with van der Waals surface area (Å²) >= 11 is 0. The fraction of sp³-hybridized carbons (Fsp3) is 0.875. The van der Waals surface area contributed by atoms with Crippen LogP contribution in [0.1, 0.15) is 13.8 Å².